The van der Waals surface area contributed by atoms with Crippen LogP contribution >= 0.6 is 0 Å². The van der Waals surface area contributed by atoms with Gasteiger partial charge in [0.15, 0.2) is 5.96 Å². The monoisotopic (exact) mass is 241 g/mol. The molecule has 1 rings (SSSR count). The number of carbonyl (C=O) groups excluding carboxylic acids is 1. The summed E-state index contributed by atoms with van der Waals surface area (Å²) < 4.78 is 4.82. The molecule has 0 radical (unpaired) electrons. The first-order valence-electron chi connectivity index (χ1n) is 6.41. The van der Waals surface area contributed by atoms with Crippen molar-refractivity contribution in [3.05, 3.63) is 0 Å². The van der Waals surface area contributed by atoms with Gasteiger partial charge in [0.1, 0.15) is 0 Å². The highest BCUT2D eigenvalue weighted by Crippen LogP contribution is 2.26. The van der Waals surface area contributed by atoms with Gasteiger partial charge in [0.25, 0.3) is 0 Å². The number of rotatable bonds is 7. The fourth-order valence-electron chi connectivity index (χ4n) is 1.64. The minimum Gasteiger partial charge on any atom is -0.466 e. The second kappa shape index (κ2) is 7.92. The molecular formula is C12H23N3O2. The maximum absolute atomic E-state index is 11.0. The Morgan fingerprint density at radius 1 is 1.53 bits per heavy atom. The van der Waals surface area contributed by atoms with E-state index in [-0.39, 0.29) is 5.97 Å². The molecule has 0 aromatic carbocycles. The molecule has 0 saturated heterocycles. The molecule has 0 spiro atoms. The number of esters is 1. The molecule has 0 atom stereocenters. The molecule has 0 unspecified atom stereocenters. The van der Waals surface area contributed by atoms with E-state index >= 15 is 0 Å². The number of nitrogens with zero attached hydrogens (tertiary/aromatic N) is 1. The summed E-state index contributed by atoms with van der Waals surface area (Å²) >= 11 is 0. The maximum atomic E-state index is 11.0. The van der Waals surface area contributed by atoms with Gasteiger partial charge in [-0.2, -0.15) is 0 Å². The molecule has 1 saturated carbocycles. The Morgan fingerprint density at radius 2 is 2.29 bits per heavy atom. The zero-order valence-corrected chi connectivity index (χ0v) is 10.6. The molecule has 98 valence electrons. The van der Waals surface area contributed by atoms with Crippen LogP contribution in [0.2, 0.25) is 0 Å². The summed E-state index contributed by atoms with van der Waals surface area (Å²) in [5.41, 5.74) is 5.70. The Morgan fingerprint density at radius 3 is 2.88 bits per heavy atom. The van der Waals surface area contributed by atoms with E-state index < -0.39 is 0 Å². The fraction of sp³-hybridized carbons (Fsp3) is 0.833. The number of ether oxygens (including phenoxy) is 1. The quantitative estimate of drug-likeness (QED) is 0.302. The molecule has 0 amide bonds. The second-order valence-corrected chi connectivity index (χ2v) is 4.36. The summed E-state index contributed by atoms with van der Waals surface area (Å²) in [5.74, 6) is 1.06. The van der Waals surface area contributed by atoms with Crippen molar-refractivity contribution in [3.8, 4) is 0 Å². The van der Waals surface area contributed by atoms with Gasteiger partial charge in [0, 0.05) is 19.5 Å². The topological polar surface area (TPSA) is 76.7 Å². The summed E-state index contributed by atoms with van der Waals surface area (Å²) in [4.78, 5) is 15.3. The average molecular weight is 241 g/mol. The Kier molecular flexibility index (Phi) is 6.43. The van der Waals surface area contributed by atoms with Gasteiger partial charge in [-0.3, -0.25) is 9.79 Å². The summed E-state index contributed by atoms with van der Waals surface area (Å²) in [6.07, 6.45) is 5.03. The van der Waals surface area contributed by atoms with Crippen LogP contribution in [0, 0.1) is 5.92 Å². The number of aliphatic imine (C=N–C) groups is 1. The summed E-state index contributed by atoms with van der Waals surface area (Å²) in [6.45, 7) is 3.74. The van der Waals surface area contributed by atoms with E-state index in [4.69, 9.17) is 10.5 Å². The Balaban J connectivity index is 1.98. The Bertz CT molecular complexity index is 262. The van der Waals surface area contributed by atoms with Gasteiger partial charge in [0.2, 0.25) is 0 Å². The van der Waals surface area contributed by atoms with Gasteiger partial charge in [-0.05, 0) is 32.1 Å². The smallest absolute Gasteiger partial charge is 0.305 e. The average Bonchev–Trinajstić information content (AvgIpc) is 2.23. The van der Waals surface area contributed by atoms with Crippen LogP contribution in [-0.2, 0) is 9.53 Å². The van der Waals surface area contributed by atoms with E-state index in [2.05, 4.69) is 10.3 Å². The molecule has 3 N–H and O–H groups in total. The van der Waals surface area contributed by atoms with Crippen molar-refractivity contribution in [1.29, 1.82) is 0 Å². The molecule has 1 aliphatic carbocycles. The van der Waals surface area contributed by atoms with Gasteiger partial charge < -0.3 is 15.8 Å². The zero-order chi connectivity index (χ0) is 12.5. The minimum absolute atomic E-state index is 0.153. The van der Waals surface area contributed by atoms with E-state index in [9.17, 15) is 4.79 Å². The van der Waals surface area contributed by atoms with Crippen LogP contribution in [0.5, 0.6) is 0 Å². The van der Waals surface area contributed by atoms with Crippen LogP contribution in [0.4, 0.5) is 0 Å². The molecule has 0 aliphatic heterocycles. The zero-order valence-electron chi connectivity index (χ0n) is 10.6. The lowest BCUT2D eigenvalue weighted by molar-refractivity contribution is -0.143. The molecule has 1 aliphatic rings. The Labute approximate surface area is 103 Å². The third-order valence-corrected chi connectivity index (χ3v) is 2.91. The van der Waals surface area contributed by atoms with Crippen LogP contribution in [0.3, 0.4) is 0 Å². The van der Waals surface area contributed by atoms with Crippen LogP contribution in [0.15, 0.2) is 4.99 Å². The number of guanidine groups is 1. The largest absolute Gasteiger partial charge is 0.466 e. The minimum atomic E-state index is -0.153. The lowest BCUT2D eigenvalue weighted by atomic mass is 9.86. The lowest BCUT2D eigenvalue weighted by Crippen LogP contribution is -2.33. The molecule has 5 heteroatoms. The predicted molar refractivity (Wildman–Crippen MR) is 67.7 cm³/mol. The van der Waals surface area contributed by atoms with Crippen LogP contribution in [-0.4, -0.2) is 31.6 Å². The molecule has 0 bridgehead atoms. The lowest BCUT2D eigenvalue weighted by Gasteiger charge is -2.23. The first kappa shape index (κ1) is 13.8. The highest BCUT2D eigenvalue weighted by molar-refractivity contribution is 5.77. The molecular weight excluding hydrogens is 218 g/mol. The normalized spacial score (nSPS) is 16.4. The number of carbonyl (C=O) groups is 1. The van der Waals surface area contributed by atoms with Crippen molar-refractivity contribution in [2.75, 3.05) is 19.7 Å². The van der Waals surface area contributed by atoms with E-state index in [1.54, 1.807) is 6.92 Å². The van der Waals surface area contributed by atoms with Gasteiger partial charge in [0.05, 0.1) is 6.61 Å². The van der Waals surface area contributed by atoms with Crippen LogP contribution < -0.4 is 11.1 Å². The van der Waals surface area contributed by atoms with E-state index in [0.29, 0.717) is 25.5 Å². The second-order valence-electron chi connectivity index (χ2n) is 4.36. The van der Waals surface area contributed by atoms with E-state index in [1.165, 1.54) is 19.3 Å². The Hall–Kier alpha value is -1.26. The molecule has 0 heterocycles. The van der Waals surface area contributed by atoms with E-state index in [1.807, 2.05) is 0 Å². The number of hydrogen-bond donors (Lipinski definition) is 2. The third kappa shape index (κ3) is 6.14. The number of nitrogens with one attached hydrogen (secondary N) is 1. The fourth-order valence-corrected chi connectivity index (χ4v) is 1.64. The van der Waals surface area contributed by atoms with Crippen molar-refractivity contribution < 1.29 is 9.53 Å². The summed E-state index contributed by atoms with van der Waals surface area (Å²) in [7, 11) is 0. The van der Waals surface area contributed by atoms with E-state index in [0.717, 1.165) is 18.9 Å². The van der Waals surface area contributed by atoms with Crippen LogP contribution in [0.1, 0.15) is 39.0 Å². The summed E-state index contributed by atoms with van der Waals surface area (Å²) in [6, 6.07) is 0. The van der Waals surface area contributed by atoms with Gasteiger partial charge in [-0.25, -0.2) is 0 Å². The van der Waals surface area contributed by atoms with Crippen LogP contribution in [0.25, 0.3) is 0 Å². The van der Waals surface area contributed by atoms with Gasteiger partial charge >= 0.3 is 5.97 Å². The van der Waals surface area contributed by atoms with Gasteiger partial charge in [-0.15, -0.1) is 0 Å². The SMILES string of the molecule is CCOC(=O)CCCNC(N)=NCC1CCC1. The van der Waals surface area contributed by atoms with Crippen molar-refractivity contribution in [1.82, 2.24) is 5.32 Å². The number of nitrogens with two attached hydrogens (primary N) is 1. The first-order chi connectivity index (χ1) is 8.22. The molecule has 17 heavy (non-hydrogen) atoms. The first-order valence-corrected chi connectivity index (χ1v) is 6.41. The standard InChI is InChI=1S/C12H23N3O2/c1-2-17-11(16)7-4-8-14-12(13)15-9-10-5-3-6-10/h10H,2-9H2,1H3,(H3,13,14,15). The summed E-state index contributed by atoms with van der Waals surface area (Å²) in [5, 5.41) is 3.00. The molecule has 0 aromatic rings. The highest BCUT2D eigenvalue weighted by atomic mass is 16.5. The molecule has 1 fully saturated rings. The molecule has 5 nitrogen and oxygen atoms in total. The van der Waals surface area contributed by atoms with Crippen molar-refractivity contribution in [3.63, 3.8) is 0 Å². The van der Waals surface area contributed by atoms with Gasteiger partial charge in [-0.1, -0.05) is 6.42 Å². The maximum Gasteiger partial charge on any atom is 0.305 e. The predicted octanol–water partition coefficient (Wildman–Crippen LogP) is 1.03. The van der Waals surface area contributed by atoms with Crippen molar-refractivity contribution in [2.45, 2.75) is 39.0 Å². The third-order valence-electron chi connectivity index (χ3n) is 2.91. The van der Waals surface area contributed by atoms with Crippen molar-refractivity contribution >= 4 is 11.9 Å². The molecule has 0 aromatic heterocycles. The number of hydrogen-bond acceptors (Lipinski definition) is 3. The van der Waals surface area contributed by atoms with Crippen molar-refractivity contribution in [2.24, 2.45) is 16.6 Å². The highest BCUT2D eigenvalue weighted by Gasteiger charge is 2.16.